The van der Waals surface area contributed by atoms with Crippen LogP contribution in [-0.4, -0.2) is 68.3 Å². The number of amides is 2. The lowest BCUT2D eigenvalue weighted by Crippen LogP contribution is -2.56. The van der Waals surface area contributed by atoms with Crippen LogP contribution in [0.1, 0.15) is 18.4 Å². The number of piperidine rings is 1. The number of piperazine rings is 1. The molecule has 0 bridgehead atoms. The number of benzene rings is 2. The van der Waals surface area contributed by atoms with Gasteiger partial charge in [0.1, 0.15) is 5.75 Å². The average Bonchev–Trinajstić information content (AvgIpc) is 2.83. The van der Waals surface area contributed by atoms with E-state index in [0.717, 1.165) is 57.0 Å². The van der Waals surface area contributed by atoms with Gasteiger partial charge in [0.2, 0.25) is 0 Å². The first-order chi connectivity index (χ1) is 14.7. The molecule has 0 aromatic heterocycles. The minimum Gasteiger partial charge on any atom is -0.497 e. The Bertz CT molecular complexity index is 804. The summed E-state index contributed by atoms with van der Waals surface area (Å²) in [6.45, 7) is 6.37. The lowest BCUT2D eigenvalue weighted by atomic mass is 10.0. The summed E-state index contributed by atoms with van der Waals surface area (Å²) in [5.41, 5.74) is 2.38. The first kappa shape index (κ1) is 20.5. The molecule has 0 aliphatic carbocycles. The predicted octanol–water partition coefficient (Wildman–Crippen LogP) is 3.19. The number of likely N-dealkylation sites (tertiary alicyclic amines) is 1. The molecule has 160 valence electrons. The first-order valence-corrected chi connectivity index (χ1v) is 10.9. The number of nitrogens with one attached hydrogen (secondary N) is 1. The molecular formula is C24H32N4O2. The molecule has 2 fully saturated rings. The van der Waals surface area contributed by atoms with Crippen molar-refractivity contribution in [1.82, 2.24) is 15.1 Å². The summed E-state index contributed by atoms with van der Waals surface area (Å²) in [6, 6.07) is 18.9. The number of hydrogen-bond acceptors (Lipinski definition) is 4. The van der Waals surface area contributed by atoms with Gasteiger partial charge in [-0.3, -0.25) is 4.90 Å². The normalized spacial score (nSPS) is 20.1. The van der Waals surface area contributed by atoms with E-state index in [0.29, 0.717) is 12.6 Å². The summed E-state index contributed by atoms with van der Waals surface area (Å²) < 4.78 is 5.26. The first-order valence-electron chi connectivity index (χ1n) is 10.9. The Hall–Kier alpha value is -2.73. The van der Waals surface area contributed by atoms with Gasteiger partial charge in [0, 0.05) is 57.5 Å². The molecule has 2 heterocycles. The molecule has 1 N–H and O–H groups in total. The minimum atomic E-state index is 0.0559. The van der Waals surface area contributed by atoms with Crippen molar-refractivity contribution >= 4 is 11.7 Å². The van der Waals surface area contributed by atoms with Crippen molar-refractivity contribution in [3.8, 4) is 5.75 Å². The summed E-state index contributed by atoms with van der Waals surface area (Å²) in [7, 11) is 1.70. The molecule has 4 rings (SSSR count). The van der Waals surface area contributed by atoms with Crippen LogP contribution in [0.2, 0.25) is 0 Å². The maximum Gasteiger partial charge on any atom is 0.317 e. The SMILES string of the molecule is COc1ccc(N2CCN(C3CCCN(C(=O)NCc4ccccc4)C3)CC2)cc1. The van der Waals surface area contributed by atoms with Gasteiger partial charge < -0.3 is 19.9 Å². The van der Waals surface area contributed by atoms with Gasteiger partial charge in [0.15, 0.2) is 0 Å². The number of ether oxygens (including phenoxy) is 1. The third-order valence-electron chi connectivity index (χ3n) is 6.24. The molecule has 0 radical (unpaired) electrons. The third kappa shape index (κ3) is 5.05. The summed E-state index contributed by atoms with van der Waals surface area (Å²) in [5.74, 6) is 0.894. The van der Waals surface area contributed by atoms with E-state index in [1.54, 1.807) is 7.11 Å². The Labute approximate surface area is 179 Å². The Morgan fingerprint density at radius 1 is 1.00 bits per heavy atom. The van der Waals surface area contributed by atoms with Crippen LogP contribution in [0.4, 0.5) is 10.5 Å². The van der Waals surface area contributed by atoms with Crippen LogP contribution in [-0.2, 0) is 6.54 Å². The Morgan fingerprint density at radius 2 is 1.73 bits per heavy atom. The number of hydrogen-bond donors (Lipinski definition) is 1. The number of carbonyl (C=O) groups excluding carboxylic acids is 1. The Kier molecular flexibility index (Phi) is 6.74. The van der Waals surface area contributed by atoms with E-state index in [9.17, 15) is 4.79 Å². The topological polar surface area (TPSA) is 48.1 Å². The zero-order valence-corrected chi connectivity index (χ0v) is 17.8. The van der Waals surface area contributed by atoms with Gasteiger partial charge in [-0.2, -0.15) is 0 Å². The van der Waals surface area contributed by atoms with Gasteiger partial charge in [-0.1, -0.05) is 30.3 Å². The molecule has 2 aromatic carbocycles. The monoisotopic (exact) mass is 408 g/mol. The van der Waals surface area contributed by atoms with Crippen LogP contribution in [0.5, 0.6) is 5.75 Å². The predicted molar refractivity (Wildman–Crippen MR) is 120 cm³/mol. The van der Waals surface area contributed by atoms with E-state index < -0.39 is 0 Å². The molecule has 2 aromatic rings. The molecule has 0 spiro atoms. The van der Waals surface area contributed by atoms with Crippen molar-refractivity contribution in [2.45, 2.75) is 25.4 Å². The van der Waals surface area contributed by atoms with Crippen LogP contribution in [0, 0.1) is 0 Å². The van der Waals surface area contributed by atoms with Crippen molar-refractivity contribution < 1.29 is 9.53 Å². The lowest BCUT2D eigenvalue weighted by Gasteiger charge is -2.43. The molecule has 30 heavy (non-hydrogen) atoms. The summed E-state index contributed by atoms with van der Waals surface area (Å²) in [4.78, 5) is 19.7. The number of rotatable bonds is 5. The fourth-order valence-corrected chi connectivity index (χ4v) is 4.46. The van der Waals surface area contributed by atoms with Crippen molar-refractivity contribution in [2.24, 2.45) is 0 Å². The number of nitrogens with zero attached hydrogens (tertiary/aromatic N) is 3. The number of urea groups is 1. The molecular weight excluding hydrogens is 376 g/mol. The summed E-state index contributed by atoms with van der Waals surface area (Å²) in [5, 5.41) is 3.08. The van der Waals surface area contributed by atoms with Gasteiger partial charge in [-0.15, -0.1) is 0 Å². The largest absolute Gasteiger partial charge is 0.497 e. The van der Waals surface area contributed by atoms with Crippen LogP contribution in [0.15, 0.2) is 54.6 Å². The highest BCUT2D eigenvalue weighted by Crippen LogP contribution is 2.23. The van der Waals surface area contributed by atoms with Gasteiger partial charge in [-0.05, 0) is 42.7 Å². The van der Waals surface area contributed by atoms with E-state index in [2.05, 4.69) is 27.2 Å². The van der Waals surface area contributed by atoms with E-state index >= 15 is 0 Å². The second-order valence-corrected chi connectivity index (χ2v) is 8.11. The molecule has 2 amide bonds. The molecule has 6 heteroatoms. The Morgan fingerprint density at radius 3 is 2.43 bits per heavy atom. The highest BCUT2D eigenvalue weighted by atomic mass is 16.5. The van der Waals surface area contributed by atoms with Crippen molar-refractivity contribution in [1.29, 1.82) is 0 Å². The van der Waals surface area contributed by atoms with Crippen molar-refractivity contribution in [3.05, 3.63) is 60.2 Å². The van der Waals surface area contributed by atoms with E-state index in [4.69, 9.17) is 4.74 Å². The lowest BCUT2D eigenvalue weighted by molar-refractivity contribution is 0.104. The standard InChI is InChI=1S/C24H32N4O2/c1-30-23-11-9-21(10-12-23)26-14-16-27(17-15-26)22-8-5-13-28(19-22)24(29)25-18-20-6-3-2-4-7-20/h2-4,6-7,9-12,22H,5,8,13-19H2,1H3,(H,25,29). The average molecular weight is 409 g/mol. The fourth-order valence-electron chi connectivity index (χ4n) is 4.46. The molecule has 2 aliphatic heterocycles. The minimum absolute atomic E-state index is 0.0559. The zero-order chi connectivity index (χ0) is 20.8. The number of anilines is 1. The van der Waals surface area contributed by atoms with Crippen LogP contribution in [0.3, 0.4) is 0 Å². The maximum absolute atomic E-state index is 12.7. The summed E-state index contributed by atoms with van der Waals surface area (Å²) in [6.07, 6.45) is 2.24. The van der Waals surface area contributed by atoms with E-state index in [1.807, 2.05) is 47.4 Å². The summed E-state index contributed by atoms with van der Waals surface area (Å²) >= 11 is 0. The van der Waals surface area contributed by atoms with Gasteiger partial charge >= 0.3 is 6.03 Å². The molecule has 1 atom stereocenters. The highest BCUT2D eigenvalue weighted by molar-refractivity contribution is 5.74. The van der Waals surface area contributed by atoms with Crippen molar-refractivity contribution in [3.63, 3.8) is 0 Å². The number of methoxy groups -OCH3 is 1. The molecule has 2 aliphatic rings. The molecule has 2 saturated heterocycles. The van der Waals surface area contributed by atoms with E-state index in [-0.39, 0.29) is 6.03 Å². The molecule has 6 nitrogen and oxygen atoms in total. The van der Waals surface area contributed by atoms with Crippen molar-refractivity contribution in [2.75, 3.05) is 51.3 Å². The van der Waals surface area contributed by atoms with Gasteiger partial charge in [-0.25, -0.2) is 4.79 Å². The fraction of sp³-hybridized carbons (Fsp3) is 0.458. The van der Waals surface area contributed by atoms with Gasteiger partial charge in [0.25, 0.3) is 0 Å². The maximum atomic E-state index is 12.7. The second-order valence-electron chi connectivity index (χ2n) is 8.11. The quantitative estimate of drug-likeness (QED) is 0.826. The highest BCUT2D eigenvalue weighted by Gasteiger charge is 2.30. The molecule has 1 unspecified atom stereocenters. The second kappa shape index (κ2) is 9.85. The number of carbonyl (C=O) groups is 1. The Balaban J connectivity index is 1.26. The zero-order valence-electron chi connectivity index (χ0n) is 17.8. The van der Waals surface area contributed by atoms with E-state index in [1.165, 1.54) is 12.1 Å². The smallest absolute Gasteiger partial charge is 0.317 e. The van der Waals surface area contributed by atoms with Crippen LogP contribution < -0.4 is 15.0 Å². The van der Waals surface area contributed by atoms with Crippen LogP contribution >= 0.6 is 0 Å². The third-order valence-corrected chi connectivity index (χ3v) is 6.24. The van der Waals surface area contributed by atoms with Crippen LogP contribution in [0.25, 0.3) is 0 Å². The molecule has 0 saturated carbocycles. The van der Waals surface area contributed by atoms with Gasteiger partial charge in [0.05, 0.1) is 7.11 Å².